The maximum atomic E-state index is 6.54. The lowest BCUT2D eigenvalue weighted by atomic mass is 9.77. The Hall–Kier alpha value is -1.60. The van der Waals surface area contributed by atoms with Gasteiger partial charge in [-0.3, -0.25) is 0 Å². The highest BCUT2D eigenvalue weighted by Gasteiger charge is 2.23. The molecule has 110 valence electrons. The van der Waals surface area contributed by atoms with E-state index in [0.29, 0.717) is 0 Å². The van der Waals surface area contributed by atoms with Gasteiger partial charge < -0.3 is 5.73 Å². The summed E-state index contributed by atoms with van der Waals surface area (Å²) in [6, 6.07) is 15.6. The van der Waals surface area contributed by atoms with Gasteiger partial charge in [-0.15, -0.1) is 0 Å². The fraction of sp³-hybridized carbons (Fsp3) is 0.400. The smallest absolute Gasteiger partial charge is 0.0338 e. The second kappa shape index (κ2) is 6.03. The Kier molecular flexibility index (Phi) is 4.12. The summed E-state index contributed by atoms with van der Waals surface area (Å²) in [5.41, 5.74) is 13.4. The van der Waals surface area contributed by atoms with Gasteiger partial charge in [-0.1, -0.05) is 60.0 Å². The zero-order chi connectivity index (χ0) is 14.8. The van der Waals surface area contributed by atoms with Gasteiger partial charge in [-0.05, 0) is 55.7 Å². The molecule has 2 N–H and O–H groups in total. The van der Waals surface area contributed by atoms with Crippen LogP contribution < -0.4 is 5.73 Å². The van der Waals surface area contributed by atoms with Gasteiger partial charge in [0.15, 0.2) is 0 Å². The summed E-state index contributed by atoms with van der Waals surface area (Å²) in [5.74, 6) is 0.742. The first-order valence-electron chi connectivity index (χ1n) is 8.05. The molecule has 1 atom stereocenters. The van der Waals surface area contributed by atoms with Crippen LogP contribution in [0.5, 0.6) is 0 Å². The minimum atomic E-state index is 0.1000. The normalized spacial score (nSPS) is 16.5. The highest BCUT2D eigenvalue weighted by atomic mass is 14.6. The number of hydrogen-bond acceptors (Lipinski definition) is 1. The van der Waals surface area contributed by atoms with Crippen molar-refractivity contribution >= 4 is 0 Å². The maximum absolute atomic E-state index is 6.54. The minimum absolute atomic E-state index is 0.1000. The second-order valence-corrected chi connectivity index (χ2v) is 6.56. The quantitative estimate of drug-likeness (QED) is 0.853. The molecule has 2 aromatic rings. The van der Waals surface area contributed by atoms with Crippen LogP contribution in [0.15, 0.2) is 42.5 Å². The van der Waals surface area contributed by atoms with Crippen molar-refractivity contribution in [3.05, 3.63) is 70.3 Å². The Morgan fingerprint density at radius 1 is 1.05 bits per heavy atom. The Bertz CT molecular complexity index is 605. The van der Waals surface area contributed by atoms with E-state index in [2.05, 4.69) is 56.3 Å². The zero-order valence-electron chi connectivity index (χ0n) is 13.1. The van der Waals surface area contributed by atoms with Crippen LogP contribution in [-0.4, -0.2) is 0 Å². The Morgan fingerprint density at radius 2 is 1.71 bits per heavy atom. The van der Waals surface area contributed by atoms with Gasteiger partial charge >= 0.3 is 0 Å². The van der Waals surface area contributed by atoms with Crippen LogP contribution in [0.25, 0.3) is 0 Å². The van der Waals surface area contributed by atoms with E-state index >= 15 is 0 Å². The number of hydrogen-bond donors (Lipinski definition) is 1. The monoisotopic (exact) mass is 279 g/mol. The van der Waals surface area contributed by atoms with Crippen LogP contribution in [0.2, 0.25) is 0 Å². The van der Waals surface area contributed by atoms with Gasteiger partial charge in [0.25, 0.3) is 0 Å². The van der Waals surface area contributed by atoms with Crippen molar-refractivity contribution in [3.8, 4) is 0 Å². The van der Waals surface area contributed by atoms with Crippen molar-refractivity contribution in [2.75, 3.05) is 0 Å². The van der Waals surface area contributed by atoms with E-state index in [1.807, 2.05) is 0 Å². The largest absolute Gasteiger partial charge is 0.324 e. The summed E-state index contributed by atoms with van der Waals surface area (Å²) in [7, 11) is 0. The van der Waals surface area contributed by atoms with Crippen LogP contribution in [0.3, 0.4) is 0 Å². The van der Waals surface area contributed by atoms with Crippen molar-refractivity contribution in [2.45, 2.75) is 51.5 Å². The predicted octanol–water partition coefficient (Wildman–Crippen LogP) is 4.81. The van der Waals surface area contributed by atoms with E-state index in [-0.39, 0.29) is 6.04 Å². The average Bonchev–Trinajstić information content (AvgIpc) is 2.36. The first-order valence-corrected chi connectivity index (χ1v) is 8.05. The summed E-state index contributed by atoms with van der Waals surface area (Å²) in [6.07, 6.45) is 4.94. The van der Waals surface area contributed by atoms with E-state index in [1.165, 1.54) is 47.1 Å². The van der Waals surface area contributed by atoms with Gasteiger partial charge in [0.2, 0.25) is 0 Å². The first kappa shape index (κ1) is 14.3. The lowest BCUT2D eigenvalue weighted by Crippen LogP contribution is -2.19. The number of aryl methyl sites for hydroxylation is 2. The third-order valence-corrected chi connectivity index (χ3v) is 4.68. The molecule has 2 aromatic carbocycles. The zero-order valence-corrected chi connectivity index (χ0v) is 13.1. The maximum Gasteiger partial charge on any atom is 0.0338 e. The molecule has 0 aliphatic heterocycles. The molecular formula is C20H25N. The van der Waals surface area contributed by atoms with Gasteiger partial charge in [-0.2, -0.15) is 0 Å². The number of benzene rings is 2. The van der Waals surface area contributed by atoms with Crippen LogP contribution in [0, 0.1) is 13.8 Å². The van der Waals surface area contributed by atoms with Gasteiger partial charge in [-0.25, -0.2) is 0 Å². The molecular weight excluding hydrogens is 254 g/mol. The van der Waals surface area contributed by atoms with Crippen molar-refractivity contribution in [3.63, 3.8) is 0 Å². The molecule has 0 spiro atoms. The summed E-state index contributed by atoms with van der Waals surface area (Å²) in [5, 5.41) is 0. The summed E-state index contributed by atoms with van der Waals surface area (Å²) >= 11 is 0. The minimum Gasteiger partial charge on any atom is -0.324 e. The Labute approximate surface area is 128 Å². The average molecular weight is 279 g/mol. The van der Waals surface area contributed by atoms with Gasteiger partial charge in [0.1, 0.15) is 0 Å². The fourth-order valence-corrected chi connectivity index (χ4v) is 3.49. The fourth-order valence-electron chi connectivity index (χ4n) is 3.49. The summed E-state index contributed by atoms with van der Waals surface area (Å²) < 4.78 is 0. The molecule has 1 fully saturated rings. The molecule has 0 aromatic heterocycles. The van der Waals surface area contributed by atoms with E-state index in [9.17, 15) is 0 Å². The molecule has 3 rings (SSSR count). The molecule has 0 amide bonds. The Morgan fingerprint density at radius 3 is 2.33 bits per heavy atom. The molecule has 0 saturated heterocycles. The molecule has 1 heteroatoms. The second-order valence-electron chi connectivity index (χ2n) is 6.56. The third kappa shape index (κ3) is 3.19. The van der Waals surface area contributed by atoms with Crippen molar-refractivity contribution in [1.29, 1.82) is 0 Å². The SMILES string of the molecule is Cc1cc(C)cc(CC(N)c2ccccc2C2CCC2)c1. The third-order valence-electron chi connectivity index (χ3n) is 4.68. The van der Waals surface area contributed by atoms with Crippen molar-refractivity contribution in [2.24, 2.45) is 5.73 Å². The van der Waals surface area contributed by atoms with E-state index in [1.54, 1.807) is 0 Å². The molecule has 0 bridgehead atoms. The summed E-state index contributed by atoms with van der Waals surface area (Å²) in [4.78, 5) is 0. The topological polar surface area (TPSA) is 26.0 Å². The molecule has 1 saturated carbocycles. The highest BCUT2D eigenvalue weighted by Crippen LogP contribution is 2.39. The van der Waals surface area contributed by atoms with Crippen LogP contribution >= 0.6 is 0 Å². The van der Waals surface area contributed by atoms with E-state index in [4.69, 9.17) is 5.73 Å². The lowest BCUT2D eigenvalue weighted by Gasteiger charge is -2.29. The van der Waals surface area contributed by atoms with E-state index < -0.39 is 0 Å². The molecule has 0 heterocycles. The molecule has 1 aliphatic carbocycles. The lowest BCUT2D eigenvalue weighted by molar-refractivity contribution is 0.415. The Balaban J connectivity index is 1.83. The van der Waals surface area contributed by atoms with Crippen LogP contribution in [0.1, 0.15) is 59.0 Å². The summed E-state index contributed by atoms with van der Waals surface area (Å²) in [6.45, 7) is 4.31. The van der Waals surface area contributed by atoms with Crippen molar-refractivity contribution in [1.82, 2.24) is 0 Å². The van der Waals surface area contributed by atoms with Crippen LogP contribution in [-0.2, 0) is 6.42 Å². The standard InChI is InChI=1S/C20H25N/c1-14-10-15(2)12-16(11-14)13-20(21)19-9-4-3-8-18(19)17-6-5-7-17/h3-4,8-12,17,20H,5-7,13,21H2,1-2H3. The molecule has 1 unspecified atom stereocenters. The number of rotatable bonds is 4. The molecule has 0 radical (unpaired) electrons. The predicted molar refractivity (Wildman–Crippen MR) is 89.6 cm³/mol. The number of nitrogens with two attached hydrogens (primary N) is 1. The molecule has 1 aliphatic rings. The van der Waals surface area contributed by atoms with E-state index in [0.717, 1.165) is 12.3 Å². The van der Waals surface area contributed by atoms with Crippen LogP contribution in [0.4, 0.5) is 0 Å². The first-order chi connectivity index (χ1) is 10.1. The van der Waals surface area contributed by atoms with Gasteiger partial charge in [0.05, 0.1) is 0 Å². The van der Waals surface area contributed by atoms with Crippen molar-refractivity contribution < 1.29 is 0 Å². The molecule has 21 heavy (non-hydrogen) atoms. The van der Waals surface area contributed by atoms with Gasteiger partial charge in [0, 0.05) is 6.04 Å². The molecule has 1 nitrogen and oxygen atoms in total. The highest BCUT2D eigenvalue weighted by molar-refractivity contribution is 5.36.